The average molecular weight is 269 g/mol. The molecule has 0 aliphatic heterocycles. The number of aldehydes is 1. The molecule has 0 N–H and O–H groups in total. The molecule has 0 aliphatic carbocycles. The third-order valence-corrected chi connectivity index (χ3v) is 2.52. The quantitative estimate of drug-likeness (QED) is 0.472. The van der Waals surface area contributed by atoms with E-state index in [1.54, 1.807) is 0 Å². The summed E-state index contributed by atoms with van der Waals surface area (Å²) in [5, 5.41) is 0. The van der Waals surface area contributed by atoms with Crippen molar-refractivity contribution in [2.24, 2.45) is 0 Å². The molecule has 0 bridgehead atoms. The number of nitrogens with zero attached hydrogens (tertiary/aromatic N) is 1. The first-order valence-electron chi connectivity index (χ1n) is 5.20. The van der Waals surface area contributed by atoms with Gasteiger partial charge < -0.3 is 0 Å². The van der Waals surface area contributed by atoms with Gasteiger partial charge in [-0.15, -0.1) is 0 Å². The molecule has 6 heteroatoms. The third kappa shape index (κ3) is 2.78. The van der Waals surface area contributed by atoms with Crippen molar-refractivity contribution in [3.8, 4) is 11.1 Å². The molecule has 0 saturated heterocycles. The second-order valence-corrected chi connectivity index (χ2v) is 3.79. The van der Waals surface area contributed by atoms with Crippen molar-refractivity contribution < 1.29 is 22.4 Å². The van der Waals surface area contributed by atoms with Gasteiger partial charge in [0, 0.05) is 17.3 Å². The number of alkyl halides is 3. The smallest absolute Gasteiger partial charge is 0.298 e. The first-order chi connectivity index (χ1) is 8.91. The van der Waals surface area contributed by atoms with Gasteiger partial charge >= 0.3 is 6.18 Å². The Bertz CT molecular complexity index is 605. The van der Waals surface area contributed by atoms with Gasteiger partial charge in [0.2, 0.25) is 5.95 Å². The topological polar surface area (TPSA) is 30.0 Å². The predicted octanol–water partition coefficient (Wildman–Crippen LogP) is 3.72. The van der Waals surface area contributed by atoms with Crippen molar-refractivity contribution in [2.75, 3.05) is 0 Å². The summed E-state index contributed by atoms with van der Waals surface area (Å²) in [7, 11) is 0. The summed E-state index contributed by atoms with van der Waals surface area (Å²) in [6.07, 6.45) is -3.26. The summed E-state index contributed by atoms with van der Waals surface area (Å²) in [6.45, 7) is 0. The molecule has 2 rings (SSSR count). The fourth-order valence-electron chi connectivity index (χ4n) is 1.66. The number of benzene rings is 1. The molecule has 98 valence electrons. The number of carbonyl (C=O) groups excluding carboxylic acids is 1. The summed E-state index contributed by atoms with van der Waals surface area (Å²) in [5.74, 6) is -0.776. The van der Waals surface area contributed by atoms with Crippen molar-refractivity contribution in [2.45, 2.75) is 6.18 Å². The van der Waals surface area contributed by atoms with Gasteiger partial charge in [-0.25, -0.2) is 4.98 Å². The average Bonchev–Trinajstić information content (AvgIpc) is 2.38. The Morgan fingerprint density at radius 1 is 1.11 bits per heavy atom. The third-order valence-electron chi connectivity index (χ3n) is 2.52. The minimum Gasteiger partial charge on any atom is -0.298 e. The van der Waals surface area contributed by atoms with Gasteiger partial charge in [-0.1, -0.05) is 12.1 Å². The van der Waals surface area contributed by atoms with E-state index in [-0.39, 0.29) is 16.7 Å². The molecule has 1 aromatic heterocycles. The minimum absolute atomic E-state index is 0.0776. The van der Waals surface area contributed by atoms with Crippen LogP contribution < -0.4 is 0 Å². The highest BCUT2D eigenvalue weighted by Gasteiger charge is 2.34. The standard InChI is InChI=1S/C13H7F4NO/c14-12-4-2-9(6-18-12)10-3-1-8(7-19)5-11(10)13(15,16)17/h1-7H. The van der Waals surface area contributed by atoms with E-state index in [1.165, 1.54) is 18.2 Å². The molecule has 0 unspecified atom stereocenters. The van der Waals surface area contributed by atoms with E-state index in [1.807, 2.05) is 0 Å². The van der Waals surface area contributed by atoms with E-state index >= 15 is 0 Å². The molecule has 2 nitrogen and oxygen atoms in total. The largest absolute Gasteiger partial charge is 0.417 e. The van der Waals surface area contributed by atoms with Crippen LogP contribution in [0.3, 0.4) is 0 Å². The monoisotopic (exact) mass is 269 g/mol. The van der Waals surface area contributed by atoms with Crippen molar-refractivity contribution in [3.63, 3.8) is 0 Å². The van der Waals surface area contributed by atoms with Crippen LogP contribution in [0.1, 0.15) is 15.9 Å². The van der Waals surface area contributed by atoms with Crippen molar-refractivity contribution in [1.29, 1.82) is 0 Å². The van der Waals surface area contributed by atoms with Crippen LogP contribution in [0.4, 0.5) is 17.6 Å². The summed E-state index contributed by atoms with van der Waals surface area (Å²) in [6, 6.07) is 5.37. The highest BCUT2D eigenvalue weighted by atomic mass is 19.4. The van der Waals surface area contributed by atoms with E-state index in [9.17, 15) is 22.4 Å². The van der Waals surface area contributed by atoms with Crippen LogP contribution in [0.5, 0.6) is 0 Å². The van der Waals surface area contributed by atoms with Crippen molar-refractivity contribution in [1.82, 2.24) is 4.98 Å². The number of hydrogen-bond donors (Lipinski definition) is 0. The molecule has 0 radical (unpaired) electrons. The highest BCUT2D eigenvalue weighted by molar-refractivity contribution is 5.78. The second kappa shape index (κ2) is 4.79. The number of hydrogen-bond acceptors (Lipinski definition) is 2. The summed E-state index contributed by atoms with van der Waals surface area (Å²) < 4.78 is 51.4. The van der Waals surface area contributed by atoms with Gasteiger partial charge in [-0.3, -0.25) is 4.79 Å². The van der Waals surface area contributed by atoms with Crippen LogP contribution in [-0.4, -0.2) is 11.3 Å². The Hall–Kier alpha value is -2.24. The maximum Gasteiger partial charge on any atom is 0.417 e. The van der Waals surface area contributed by atoms with E-state index in [2.05, 4.69) is 4.98 Å². The molecule has 0 saturated carbocycles. The lowest BCUT2D eigenvalue weighted by molar-refractivity contribution is -0.137. The van der Waals surface area contributed by atoms with Gasteiger partial charge in [0.05, 0.1) is 5.56 Å². The number of carbonyl (C=O) groups is 1. The molecule has 1 aromatic carbocycles. The van der Waals surface area contributed by atoms with Gasteiger partial charge in [0.15, 0.2) is 0 Å². The number of pyridine rings is 1. The Morgan fingerprint density at radius 2 is 1.84 bits per heavy atom. The summed E-state index contributed by atoms with van der Waals surface area (Å²) >= 11 is 0. The van der Waals surface area contributed by atoms with E-state index in [0.29, 0.717) is 6.29 Å². The Balaban J connectivity index is 2.62. The summed E-state index contributed by atoms with van der Waals surface area (Å²) in [4.78, 5) is 13.9. The van der Waals surface area contributed by atoms with Gasteiger partial charge in [0.1, 0.15) is 6.29 Å². The zero-order valence-electron chi connectivity index (χ0n) is 9.41. The number of aromatic nitrogens is 1. The molecule has 2 aromatic rings. The van der Waals surface area contributed by atoms with Gasteiger partial charge in [-0.05, 0) is 23.8 Å². The molecule has 0 aliphatic rings. The first kappa shape index (κ1) is 13.2. The Labute approximate surface area is 105 Å². The lowest BCUT2D eigenvalue weighted by atomic mass is 9.98. The van der Waals surface area contributed by atoms with Crippen LogP contribution in [0.15, 0.2) is 36.5 Å². The molecule has 19 heavy (non-hydrogen) atoms. The zero-order valence-corrected chi connectivity index (χ0v) is 9.41. The molecule has 0 spiro atoms. The van der Waals surface area contributed by atoms with Gasteiger partial charge in [0.25, 0.3) is 0 Å². The van der Waals surface area contributed by atoms with Crippen LogP contribution >= 0.6 is 0 Å². The predicted molar refractivity (Wildman–Crippen MR) is 60.0 cm³/mol. The summed E-state index contributed by atoms with van der Waals surface area (Å²) in [5.41, 5.74) is -1.05. The van der Waals surface area contributed by atoms with Gasteiger partial charge in [-0.2, -0.15) is 17.6 Å². The molecule has 0 atom stereocenters. The molecular formula is C13H7F4NO. The normalized spacial score (nSPS) is 11.4. The first-order valence-corrected chi connectivity index (χ1v) is 5.20. The minimum atomic E-state index is -4.61. The molecular weight excluding hydrogens is 262 g/mol. The fourth-order valence-corrected chi connectivity index (χ4v) is 1.66. The zero-order chi connectivity index (χ0) is 14.0. The lowest BCUT2D eigenvalue weighted by Gasteiger charge is -2.13. The Morgan fingerprint density at radius 3 is 2.37 bits per heavy atom. The van der Waals surface area contributed by atoms with Crippen LogP contribution in [-0.2, 0) is 6.18 Å². The highest BCUT2D eigenvalue weighted by Crippen LogP contribution is 2.37. The lowest BCUT2D eigenvalue weighted by Crippen LogP contribution is -2.08. The van der Waals surface area contributed by atoms with Crippen LogP contribution in [0, 0.1) is 5.95 Å². The van der Waals surface area contributed by atoms with Crippen molar-refractivity contribution >= 4 is 6.29 Å². The molecule has 0 fully saturated rings. The molecule has 1 heterocycles. The maximum absolute atomic E-state index is 12.9. The second-order valence-electron chi connectivity index (χ2n) is 3.79. The van der Waals surface area contributed by atoms with E-state index in [4.69, 9.17) is 0 Å². The van der Waals surface area contributed by atoms with Crippen LogP contribution in [0.2, 0.25) is 0 Å². The SMILES string of the molecule is O=Cc1ccc(-c2ccc(F)nc2)c(C(F)(F)F)c1. The fraction of sp³-hybridized carbons (Fsp3) is 0.0769. The van der Waals surface area contributed by atoms with Crippen molar-refractivity contribution in [3.05, 3.63) is 53.6 Å². The van der Waals surface area contributed by atoms with E-state index in [0.717, 1.165) is 18.3 Å². The van der Waals surface area contributed by atoms with E-state index < -0.39 is 17.7 Å². The Kier molecular flexibility index (Phi) is 3.33. The molecule has 0 amide bonds. The maximum atomic E-state index is 12.9. The van der Waals surface area contributed by atoms with Crippen LogP contribution in [0.25, 0.3) is 11.1 Å². The number of rotatable bonds is 2. The number of halogens is 4.